The molecule has 1 fully saturated rings. The average Bonchev–Trinajstić information content (AvgIpc) is 3.18. The summed E-state index contributed by atoms with van der Waals surface area (Å²) in [5.74, 6) is -1.72. The van der Waals surface area contributed by atoms with Crippen LogP contribution in [0.5, 0.6) is 5.75 Å². The Labute approximate surface area is 344 Å². The van der Waals surface area contributed by atoms with Gasteiger partial charge in [0, 0.05) is 38.0 Å². The van der Waals surface area contributed by atoms with Crippen LogP contribution in [0.15, 0.2) is 66.2 Å². The smallest absolute Gasteiger partial charge is 0.330 e. The van der Waals surface area contributed by atoms with Gasteiger partial charge in [-0.3, -0.25) is 4.79 Å². The summed E-state index contributed by atoms with van der Waals surface area (Å²) >= 11 is 0. The number of esters is 2. The molecule has 1 saturated heterocycles. The second kappa shape index (κ2) is 22.3. The lowest BCUT2D eigenvalue weighted by molar-refractivity contribution is -0.351. The summed E-state index contributed by atoms with van der Waals surface area (Å²) in [5.41, 5.74) is 1.69. The first-order valence-electron chi connectivity index (χ1n) is 20.7. The molecule has 0 saturated carbocycles. The number of rotatable bonds is 23. The summed E-state index contributed by atoms with van der Waals surface area (Å²) in [5, 5.41) is -0.0524. The lowest BCUT2D eigenvalue weighted by Gasteiger charge is -2.54. The maximum atomic E-state index is 13.7. The van der Waals surface area contributed by atoms with Gasteiger partial charge >= 0.3 is 11.9 Å². The van der Waals surface area contributed by atoms with Crippen molar-refractivity contribution in [3.63, 3.8) is 0 Å². The van der Waals surface area contributed by atoms with E-state index in [1.165, 1.54) is 13.2 Å². The van der Waals surface area contributed by atoms with E-state index in [0.29, 0.717) is 31.6 Å². The normalized spacial score (nSPS) is 20.9. The second-order valence-corrected chi connectivity index (χ2v) is 22.3. The third kappa shape index (κ3) is 14.0. The van der Waals surface area contributed by atoms with Crippen molar-refractivity contribution in [2.45, 2.75) is 161 Å². The van der Waals surface area contributed by atoms with Crippen LogP contribution in [-0.2, 0) is 55.7 Å². The van der Waals surface area contributed by atoms with E-state index in [9.17, 15) is 9.59 Å². The third-order valence-electron chi connectivity index (χ3n) is 11.6. The summed E-state index contributed by atoms with van der Waals surface area (Å²) in [6, 6.07) is 17.8. The molecule has 0 aromatic heterocycles. The molecule has 11 heteroatoms. The molecule has 2 aromatic carbocycles. The fraction of sp³-hybridized carbons (Fsp3) is 0.652. The quantitative estimate of drug-likeness (QED) is 0.0466. The molecule has 320 valence electrons. The third-order valence-corrected chi connectivity index (χ3v) is 16.0. The Morgan fingerprint density at radius 2 is 1.53 bits per heavy atom. The van der Waals surface area contributed by atoms with Crippen molar-refractivity contribution in [2.24, 2.45) is 5.41 Å². The van der Waals surface area contributed by atoms with Crippen LogP contribution in [0.25, 0.3) is 0 Å². The van der Waals surface area contributed by atoms with Gasteiger partial charge in [0.2, 0.25) is 5.79 Å². The van der Waals surface area contributed by atoms with E-state index in [1.807, 2.05) is 75.4 Å². The van der Waals surface area contributed by atoms with Crippen molar-refractivity contribution < 1.29 is 47.2 Å². The Morgan fingerprint density at radius 3 is 2.12 bits per heavy atom. The zero-order valence-electron chi connectivity index (χ0n) is 36.9. The number of carbonyl (C=O) groups is 2. The van der Waals surface area contributed by atoms with Crippen molar-refractivity contribution in [3.05, 3.63) is 77.4 Å². The molecule has 0 spiro atoms. The van der Waals surface area contributed by atoms with Crippen LogP contribution in [0.1, 0.15) is 111 Å². The van der Waals surface area contributed by atoms with Gasteiger partial charge in [0.15, 0.2) is 14.4 Å². The van der Waals surface area contributed by atoms with E-state index in [1.54, 1.807) is 14.2 Å². The lowest BCUT2D eigenvalue weighted by atomic mass is 9.74. The lowest BCUT2D eigenvalue weighted by Crippen LogP contribution is -2.65. The van der Waals surface area contributed by atoms with E-state index in [4.69, 9.17) is 37.6 Å². The maximum Gasteiger partial charge on any atom is 0.330 e. The van der Waals surface area contributed by atoms with Gasteiger partial charge < -0.3 is 37.6 Å². The highest BCUT2D eigenvalue weighted by Gasteiger charge is 2.60. The van der Waals surface area contributed by atoms with Crippen LogP contribution in [-0.4, -0.2) is 78.4 Å². The minimum Gasteiger partial charge on any atom is -0.497 e. The number of carbonyl (C=O) groups excluding carboxylic acids is 2. The predicted molar refractivity (Wildman–Crippen MR) is 226 cm³/mol. The average molecular weight is 813 g/mol. The zero-order valence-corrected chi connectivity index (χ0v) is 37.9. The van der Waals surface area contributed by atoms with Crippen LogP contribution >= 0.6 is 0 Å². The van der Waals surface area contributed by atoms with Gasteiger partial charge in [0.05, 0.1) is 45.7 Å². The molecule has 1 aliphatic rings. The van der Waals surface area contributed by atoms with Gasteiger partial charge in [-0.15, -0.1) is 0 Å². The Morgan fingerprint density at radius 1 is 0.895 bits per heavy atom. The SMILES string of the molecule is CCCCCCCC(=O)O[C@H]1/C(=C/C(=O)OC)CC(CC(OCc2ccc(OC)cc2)[C@H](C)OCc2ccccc2)OC1(OC)C(C)(C)CO[Si](C)(C)C(C)(C)C. The molecular formula is C46H72O10Si. The largest absolute Gasteiger partial charge is 0.497 e. The molecule has 0 radical (unpaired) electrons. The fourth-order valence-electron chi connectivity index (χ4n) is 6.77. The number of ether oxygens (including phenoxy) is 7. The topological polar surface area (TPSA) is 108 Å². The Bertz CT molecular complexity index is 1530. The van der Waals surface area contributed by atoms with Gasteiger partial charge in [-0.05, 0) is 66.7 Å². The molecule has 0 amide bonds. The van der Waals surface area contributed by atoms with Gasteiger partial charge in [-0.25, -0.2) is 4.79 Å². The van der Waals surface area contributed by atoms with E-state index in [2.05, 4.69) is 40.8 Å². The van der Waals surface area contributed by atoms with E-state index >= 15 is 0 Å². The molecule has 57 heavy (non-hydrogen) atoms. The molecular weight excluding hydrogens is 741 g/mol. The van der Waals surface area contributed by atoms with Crippen molar-refractivity contribution in [1.29, 1.82) is 0 Å². The highest BCUT2D eigenvalue weighted by Crippen LogP contribution is 2.49. The van der Waals surface area contributed by atoms with Gasteiger partial charge in [-0.2, -0.15) is 0 Å². The van der Waals surface area contributed by atoms with Crippen LogP contribution < -0.4 is 4.74 Å². The van der Waals surface area contributed by atoms with Crippen molar-refractivity contribution in [1.82, 2.24) is 0 Å². The summed E-state index contributed by atoms with van der Waals surface area (Å²) in [7, 11) is 2.29. The second-order valence-electron chi connectivity index (χ2n) is 17.5. The summed E-state index contributed by atoms with van der Waals surface area (Å²) in [6.45, 7) is 20.2. The van der Waals surface area contributed by atoms with Crippen LogP contribution in [0, 0.1) is 5.41 Å². The summed E-state index contributed by atoms with van der Waals surface area (Å²) in [4.78, 5) is 26.7. The number of benzene rings is 2. The Hall–Kier alpha value is -3.06. The molecule has 3 rings (SSSR count). The van der Waals surface area contributed by atoms with Crippen LogP contribution in [0.4, 0.5) is 0 Å². The first kappa shape index (κ1) is 48.3. The van der Waals surface area contributed by atoms with E-state index in [-0.39, 0.29) is 36.6 Å². The predicted octanol–water partition coefficient (Wildman–Crippen LogP) is 10.1. The van der Waals surface area contributed by atoms with Crippen molar-refractivity contribution in [2.75, 3.05) is 27.9 Å². The molecule has 1 heterocycles. The Balaban J connectivity index is 2.06. The van der Waals surface area contributed by atoms with Gasteiger partial charge in [0.25, 0.3) is 0 Å². The molecule has 1 aliphatic heterocycles. The monoisotopic (exact) mass is 812 g/mol. The standard InChI is InChI=1S/C46H72O10Si/c1-13-14-15-16-20-23-41(47)55-43-37(29-42(48)50-9)28-39(56-46(43,51-10)45(6,7)33-54-57(11,12)44(3,4)5)30-40(34(2)52-31-35-21-18-17-19-22-35)53-32-36-24-26-38(49-8)27-25-36/h17-19,21-22,24-27,29,34,39-40,43H,13-16,20,23,28,30-33H2,1-12H3/b37-29+/t34-,39?,40?,43-,46?/m0/s1. The first-order chi connectivity index (χ1) is 26.9. The number of hydrogen-bond donors (Lipinski definition) is 0. The van der Waals surface area contributed by atoms with Gasteiger partial charge in [-0.1, -0.05) is 110 Å². The molecule has 10 nitrogen and oxygen atoms in total. The minimum absolute atomic E-state index is 0.0524. The number of methoxy groups -OCH3 is 3. The molecule has 0 bridgehead atoms. The highest BCUT2D eigenvalue weighted by atomic mass is 28.4. The number of unbranched alkanes of at least 4 members (excludes halogenated alkanes) is 4. The fourth-order valence-corrected chi connectivity index (χ4v) is 7.92. The molecule has 5 atom stereocenters. The van der Waals surface area contributed by atoms with Crippen LogP contribution in [0.3, 0.4) is 0 Å². The van der Waals surface area contributed by atoms with Crippen LogP contribution in [0.2, 0.25) is 18.1 Å². The zero-order chi connectivity index (χ0) is 42.3. The molecule has 2 aromatic rings. The highest BCUT2D eigenvalue weighted by molar-refractivity contribution is 6.74. The van der Waals surface area contributed by atoms with Gasteiger partial charge in [0.1, 0.15) is 5.75 Å². The van der Waals surface area contributed by atoms with Crippen molar-refractivity contribution >= 4 is 20.3 Å². The molecule has 3 unspecified atom stereocenters. The Kier molecular flexibility index (Phi) is 18.9. The van der Waals surface area contributed by atoms with E-state index in [0.717, 1.165) is 42.6 Å². The molecule has 0 N–H and O–H groups in total. The van der Waals surface area contributed by atoms with E-state index < -0.39 is 43.8 Å². The summed E-state index contributed by atoms with van der Waals surface area (Å²) in [6.07, 6.45) is 4.86. The number of hydrogen-bond acceptors (Lipinski definition) is 10. The first-order valence-corrected chi connectivity index (χ1v) is 23.6. The van der Waals surface area contributed by atoms with Crippen molar-refractivity contribution in [3.8, 4) is 5.75 Å². The minimum atomic E-state index is -2.25. The maximum absolute atomic E-state index is 13.7. The molecule has 0 aliphatic carbocycles. The summed E-state index contributed by atoms with van der Waals surface area (Å²) < 4.78 is 50.5.